The third-order valence-corrected chi connectivity index (χ3v) is 16.8. The van der Waals surface area contributed by atoms with Crippen molar-refractivity contribution in [1.29, 1.82) is 0 Å². The van der Waals surface area contributed by atoms with Crippen LogP contribution in [0.1, 0.15) is 105 Å². The molecule has 0 spiro atoms. The fourth-order valence-electron chi connectivity index (χ4n) is 11.3. The Labute approximate surface area is 471 Å². The molecule has 2 saturated heterocycles. The molecule has 0 aromatic carbocycles. The number of anilines is 4. The largest absolute Gasteiger partial charge is 0.420 e. The summed E-state index contributed by atoms with van der Waals surface area (Å²) in [4.78, 5) is 18.4. The van der Waals surface area contributed by atoms with Gasteiger partial charge >= 0.3 is 12.4 Å². The van der Waals surface area contributed by atoms with Gasteiger partial charge in [-0.2, -0.15) is 26.3 Å². The van der Waals surface area contributed by atoms with Gasteiger partial charge in [-0.25, -0.2) is 19.9 Å². The average Bonchev–Trinajstić information content (AvgIpc) is 3.43. The van der Waals surface area contributed by atoms with Gasteiger partial charge in [-0.05, 0) is 153 Å². The number of aliphatic hydroxyl groups is 2. The van der Waals surface area contributed by atoms with E-state index < -0.39 is 48.7 Å². The first-order chi connectivity index (χ1) is 36.7. The molecule has 0 bridgehead atoms. The Morgan fingerprint density at radius 1 is 0.603 bits per heavy atom. The summed E-state index contributed by atoms with van der Waals surface area (Å²) < 4.78 is 99.8. The fraction of sp³-hybridized carbons (Fsp3) is 0.630. The molecule has 24 heteroatoms. The number of aliphatic hydroxyl groups excluding tert-OH is 1. The molecule has 5 atom stereocenters. The minimum Gasteiger partial charge on any atom is -0.382 e. The first-order valence-electron chi connectivity index (χ1n) is 26.7. The van der Waals surface area contributed by atoms with Crippen LogP contribution in [0, 0.1) is 11.8 Å². The van der Waals surface area contributed by atoms with Crippen LogP contribution in [0.15, 0.2) is 48.8 Å². The second kappa shape index (κ2) is 25.2. The maximum Gasteiger partial charge on any atom is 0.420 e. The van der Waals surface area contributed by atoms with E-state index in [-0.39, 0.29) is 36.1 Å². The highest BCUT2D eigenvalue weighted by Crippen LogP contribution is 2.41. The number of hydrogen-bond acceptors (Lipinski definition) is 14. The molecule has 14 nitrogen and oxygen atoms in total. The van der Waals surface area contributed by atoms with Crippen molar-refractivity contribution in [2.75, 3.05) is 54.1 Å². The highest BCUT2D eigenvalue weighted by atomic mass is 35.5. The maximum atomic E-state index is 15.1. The van der Waals surface area contributed by atoms with Crippen LogP contribution in [0.2, 0.25) is 20.1 Å². The smallest absolute Gasteiger partial charge is 0.382 e. The number of pyridine rings is 4. The van der Waals surface area contributed by atoms with E-state index in [1.54, 1.807) is 36.4 Å². The van der Waals surface area contributed by atoms with Crippen LogP contribution < -0.4 is 31.9 Å². The lowest BCUT2D eigenvalue weighted by Gasteiger charge is -2.44. The van der Waals surface area contributed by atoms with Crippen molar-refractivity contribution in [2.45, 2.75) is 170 Å². The monoisotopic (exact) mass is 1180 g/mol. The summed E-state index contributed by atoms with van der Waals surface area (Å²) in [6.07, 6.45) is -5.65. The van der Waals surface area contributed by atoms with E-state index in [4.69, 9.17) is 65.8 Å². The molecule has 430 valence electrons. The standard InChI is InChI=1S/C54H70Cl4F6N10O4/c1-50(2)23-30(17-19-77-50)25-65-42-15-13-38(55)46(73-42)36-21-44(67-27-40(36)57)70-33-7-5-32(6-8-33)69-29-52(76,54(62,63)64)48(49(75)53(59,60)61)72-35-11-9-34(10-12-35)71-45-22-37(41(58)28-68-45)47-39(56)14-16-43(74-47)66-26-31-18-20-78-51(3,4)24-31/h13-16,21-22,27-28,30-35,48-49,69,72,75-76H,5-12,17-20,23-26,29H2,1-4H3,(H,65,73)(H,66,74)(H,67,70)(H,68,71). The Balaban J connectivity index is 0.854. The maximum absolute atomic E-state index is 15.1. The highest BCUT2D eigenvalue weighted by Gasteiger charge is 2.64. The summed E-state index contributed by atoms with van der Waals surface area (Å²) in [5, 5.41) is 42.0. The van der Waals surface area contributed by atoms with E-state index in [0.29, 0.717) is 143 Å². The second-order valence-corrected chi connectivity index (χ2v) is 24.3. The third kappa shape index (κ3) is 15.6. The van der Waals surface area contributed by atoms with E-state index in [1.165, 1.54) is 12.4 Å². The van der Waals surface area contributed by atoms with E-state index in [2.05, 4.69) is 69.6 Å². The van der Waals surface area contributed by atoms with Crippen molar-refractivity contribution >= 4 is 69.7 Å². The van der Waals surface area contributed by atoms with Crippen molar-refractivity contribution in [3.05, 3.63) is 68.9 Å². The minimum atomic E-state index is -5.58. The van der Waals surface area contributed by atoms with Crippen molar-refractivity contribution in [3.63, 3.8) is 0 Å². The fourth-order valence-corrected chi connectivity index (χ4v) is 12.1. The van der Waals surface area contributed by atoms with Gasteiger partial charge < -0.3 is 51.6 Å². The Morgan fingerprint density at radius 2 is 1.03 bits per heavy atom. The van der Waals surface area contributed by atoms with Crippen LogP contribution in [0.3, 0.4) is 0 Å². The van der Waals surface area contributed by atoms with Gasteiger partial charge in [0.15, 0.2) is 11.7 Å². The Hall–Kier alpha value is -3.70. The van der Waals surface area contributed by atoms with Crippen LogP contribution in [-0.2, 0) is 9.47 Å². The Bertz CT molecular complexity index is 2660. The zero-order valence-electron chi connectivity index (χ0n) is 44.0. The summed E-state index contributed by atoms with van der Waals surface area (Å²) in [6.45, 7) is 9.76. The lowest BCUT2D eigenvalue weighted by Crippen LogP contribution is -2.72. The van der Waals surface area contributed by atoms with Crippen LogP contribution in [0.25, 0.3) is 22.5 Å². The molecule has 4 aromatic heterocycles. The molecule has 78 heavy (non-hydrogen) atoms. The first kappa shape index (κ1) is 60.4. The number of rotatable bonds is 19. The zero-order chi connectivity index (χ0) is 56.2. The number of aromatic nitrogens is 4. The van der Waals surface area contributed by atoms with Crippen molar-refractivity contribution in [1.82, 2.24) is 30.6 Å². The average molecular weight is 1180 g/mol. The molecule has 5 unspecified atom stereocenters. The Morgan fingerprint density at radius 3 is 1.44 bits per heavy atom. The number of nitrogens with one attached hydrogen (secondary N) is 6. The van der Waals surface area contributed by atoms with Crippen molar-refractivity contribution in [2.24, 2.45) is 11.8 Å². The normalized spacial score (nSPS) is 25.3. The van der Waals surface area contributed by atoms with E-state index in [1.807, 2.05) is 0 Å². The molecule has 2 aliphatic carbocycles. The minimum absolute atomic E-state index is 0.121. The predicted molar refractivity (Wildman–Crippen MR) is 295 cm³/mol. The SMILES string of the molecule is CC1(C)CC(CNc2ccc(Cl)c(-c3cc(NC4CCC(NCC(O)(C(NC5CCC(Nc6cc(-c7nc(NCC8CCOC(C)(C)C8)ccc7Cl)c(Cl)cn6)CC5)C(O)C(F)(F)F)C(F)(F)F)CC4)ncc3Cl)n2)CCO1. The summed E-state index contributed by atoms with van der Waals surface area (Å²) in [5.41, 5.74) is -2.51. The molecule has 4 fully saturated rings. The van der Waals surface area contributed by atoms with Crippen molar-refractivity contribution < 1.29 is 46.0 Å². The molecule has 4 aromatic rings. The summed E-state index contributed by atoms with van der Waals surface area (Å²) in [7, 11) is 0. The molecule has 2 aliphatic heterocycles. The van der Waals surface area contributed by atoms with Gasteiger partial charge in [-0.15, -0.1) is 0 Å². The van der Waals surface area contributed by atoms with Crippen LogP contribution in [0.4, 0.5) is 49.6 Å². The van der Waals surface area contributed by atoms with Crippen LogP contribution in [0.5, 0.6) is 0 Å². The van der Waals surface area contributed by atoms with Gasteiger partial charge in [0.2, 0.25) is 0 Å². The number of halogens is 10. The van der Waals surface area contributed by atoms with Gasteiger partial charge in [0, 0.05) is 80.5 Å². The summed E-state index contributed by atoms with van der Waals surface area (Å²) >= 11 is 26.5. The number of ether oxygens (including phenoxy) is 2. The number of alkyl halides is 6. The van der Waals surface area contributed by atoms with Gasteiger partial charge in [0.25, 0.3) is 0 Å². The van der Waals surface area contributed by atoms with Gasteiger partial charge in [-0.1, -0.05) is 46.4 Å². The van der Waals surface area contributed by atoms with Crippen molar-refractivity contribution in [3.8, 4) is 22.5 Å². The molecule has 8 rings (SSSR count). The molecule has 2 saturated carbocycles. The molecule has 0 amide bonds. The molecular formula is C54H70Cl4F6N10O4. The molecule has 4 aliphatic rings. The number of hydrogen-bond donors (Lipinski definition) is 8. The van der Waals surface area contributed by atoms with Gasteiger partial charge in [0.1, 0.15) is 23.3 Å². The first-order valence-corrected chi connectivity index (χ1v) is 28.2. The lowest BCUT2D eigenvalue weighted by atomic mass is 9.84. The molecule has 8 N–H and O–H groups in total. The second-order valence-electron chi connectivity index (χ2n) is 22.7. The van der Waals surface area contributed by atoms with E-state index in [9.17, 15) is 23.4 Å². The Kier molecular flexibility index (Phi) is 19.5. The third-order valence-electron chi connectivity index (χ3n) is 15.5. The molecular weight excluding hydrogens is 1110 g/mol. The van der Waals surface area contributed by atoms with E-state index in [0.717, 1.165) is 25.7 Å². The van der Waals surface area contributed by atoms with Crippen LogP contribution >= 0.6 is 46.4 Å². The van der Waals surface area contributed by atoms with Gasteiger partial charge in [0.05, 0.1) is 48.7 Å². The van der Waals surface area contributed by atoms with Gasteiger partial charge in [-0.3, -0.25) is 0 Å². The molecule has 6 heterocycles. The van der Waals surface area contributed by atoms with Crippen LogP contribution in [-0.4, -0.2) is 128 Å². The zero-order valence-corrected chi connectivity index (χ0v) is 47.1. The topological polar surface area (TPSA) is 183 Å². The predicted octanol–water partition coefficient (Wildman–Crippen LogP) is 12.4. The summed E-state index contributed by atoms with van der Waals surface area (Å²) in [5.74, 6) is 2.89. The van der Waals surface area contributed by atoms with E-state index >= 15 is 13.2 Å². The quantitative estimate of drug-likeness (QED) is 0.0415. The highest BCUT2D eigenvalue weighted by molar-refractivity contribution is 6.37. The molecule has 0 radical (unpaired) electrons. The number of nitrogens with zero attached hydrogens (tertiary/aromatic N) is 4. The lowest BCUT2D eigenvalue weighted by molar-refractivity contribution is -0.299. The summed E-state index contributed by atoms with van der Waals surface area (Å²) in [6, 6.07) is 5.65.